The monoisotopic (exact) mass is 1430 g/mol. The van der Waals surface area contributed by atoms with Crippen LogP contribution in [0.25, 0.3) is 42.9 Å². The predicted octanol–water partition coefficient (Wildman–Crippen LogP) is 14.3. The van der Waals surface area contributed by atoms with Crippen molar-refractivity contribution >= 4 is 132 Å². The maximum Gasteiger partial charge on any atom is 0.335 e. The van der Waals surface area contributed by atoms with E-state index in [2.05, 4.69) is 40.7 Å². The van der Waals surface area contributed by atoms with Gasteiger partial charge in [-0.1, -0.05) is 91.5 Å². The predicted molar refractivity (Wildman–Crippen MR) is 357 cm³/mol. The summed E-state index contributed by atoms with van der Waals surface area (Å²) in [6.45, 7) is -4.09. The molecule has 492 valence electrons. The van der Waals surface area contributed by atoms with Gasteiger partial charge in [0.2, 0.25) is 20.0 Å². The van der Waals surface area contributed by atoms with Crippen molar-refractivity contribution < 1.29 is 57.6 Å². The molecule has 8 heterocycles. The topological polar surface area (TPSA) is 269 Å². The van der Waals surface area contributed by atoms with Crippen LogP contribution in [0.3, 0.4) is 0 Å². The average molecular weight is 1430 g/mol. The van der Waals surface area contributed by atoms with Crippen molar-refractivity contribution in [2.75, 3.05) is 9.80 Å². The summed E-state index contributed by atoms with van der Waals surface area (Å²) in [6.07, 6.45) is 12.0. The van der Waals surface area contributed by atoms with E-state index in [4.69, 9.17) is 68.8 Å². The van der Waals surface area contributed by atoms with Crippen LogP contribution in [0.15, 0.2) is 69.7 Å². The summed E-state index contributed by atoms with van der Waals surface area (Å²) in [5.74, 6) is -1.02. The van der Waals surface area contributed by atoms with Gasteiger partial charge >= 0.3 is 5.97 Å². The summed E-state index contributed by atoms with van der Waals surface area (Å²) in [6, 6.07) is 17.2. The molecule has 0 spiro atoms. The fraction of sp³-hybridized carbons (Fsp3) is 0.469. The third kappa shape index (κ3) is 12.8. The second kappa shape index (κ2) is 24.8. The van der Waals surface area contributed by atoms with Gasteiger partial charge in [0.25, 0.3) is 5.91 Å². The quantitative estimate of drug-likeness (QED) is 0.0567. The van der Waals surface area contributed by atoms with E-state index in [-0.39, 0.29) is 78.1 Å². The van der Waals surface area contributed by atoms with Crippen LogP contribution in [0.1, 0.15) is 180 Å². The van der Waals surface area contributed by atoms with Crippen LogP contribution >= 0.6 is 69.1 Å². The highest BCUT2D eigenvalue weighted by Gasteiger charge is 2.51. The number of halogens is 6. The molecule has 19 nitrogen and oxygen atoms in total. The lowest BCUT2D eigenvalue weighted by Crippen LogP contribution is -2.49. The number of benzene rings is 4. The summed E-state index contributed by atoms with van der Waals surface area (Å²) in [5, 5.41) is 34.0. The van der Waals surface area contributed by atoms with Gasteiger partial charge in [-0.15, -0.1) is 0 Å². The van der Waals surface area contributed by atoms with Crippen LogP contribution < -0.4 is 30.3 Å². The number of primary sulfonamides is 1. The number of amides is 1. The van der Waals surface area contributed by atoms with E-state index in [0.717, 1.165) is 117 Å². The standard InChI is InChI=1S/C32H32Cl2FN5O4S2.C28H25Cl2FN4O3S.C4H9NO2S/c1-32(9-10-32)46(42,43)39-30(41)17-11-24(35)28-25(12-17)45-31(37-28)40-19-7-8-20(40)14-18(13-19)36-15-21-27(38-44-29(21)16-5-6-16)26-22(33)3-2-4-23(26)34;29-19-2-1-3-20(30)23(19)24-18(26(38-34-24)13-4-5-13)12-32-15-10-16-6-7-17(11-15)35(16)28-33-25-21(31)8-14(27(36)37)9-22(25)39-28;1-4(2-3-4)8(5,6)7/h2-4,11-12,16,18-20,36H,5-10,13-15H2,1H3,(H,39,41);1-3,8-9,13,15-17,32H,4-7,10-12H2,(H,36,37);2-3H2,1H3,(H2,5,6,7)/i1D3;;1D3. The van der Waals surface area contributed by atoms with Gasteiger partial charge in [-0.3, -0.25) is 4.79 Å². The molecular formula is C64H66Cl4F2N10O9S4. The molecule has 4 bridgehead atoms. The van der Waals surface area contributed by atoms with Crippen molar-refractivity contribution in [2.45, 2.75) is 187 Å². The Morgan fingerprint density at radius 1 is 0.645 bits per heavy atom. The van der Waals surface area contributed by atoms with Gasteiger partial charge in [0.15, 0.2) is 21.9 Å². The van der Waals surface area contributed by atoms with Crippen molar-refractivity contribution in [1.29, 1.82) is 0 Å². The molecule has 29 heteroatoms. The molecule has 8 aliphatic rings. The highest BCUT2D eigenvalue weighted by atomic mass is 35.5. The Bertz CT molecular complexity index is 4710. The molecule has 1 amide bonds. The van der Waals surface area contributed by atoms with Crippen LogP contribution in [-0.4, -0.2) is 99.8 Å². The van der Waals surface area contributed by atoms with Crippen LogP contribution in [0.2, 0.25) is 20.1 Å². The lowest BCUT2D eigenvalue weighted by Gasteiger charge is -2.39. The second-order valence-corrected chi connectivity index (χ2v) is 33.1. The molecule has 93 heavy (non-hydrogen) atoms. The molecule has 4 saturated heterocycles. The highest BCUT2D eigenvalue weighted by molar-refractivity contribution is 7.91. The minimum Gasteiger partial charge on any atom is -0.478 e. The largest absolute Gasteiger partial charge is 0.478 e. The van der Waals surface area contributed by atoms with Crippen LogP contribution in [0, 0.1) is 11.6 Å². The molecular weight excluding hydrogens is 1360 g/mol. The number of fused-ring (bicyclic) bond motifs is 6. The SMILES string of the molecule is O=C(O)c1cc(F)c2nc(N3C4CCC3CC(NCc3c(-c5c(Cl)cccc5Cl)noc3C3CC3)C4)sc2c1.[2H]C([2H])([2H])C1(S(=O)(=O)NC(=O)c2cc(F)c3nc(N4C5CCC4CC(NCc4c(-c6c(Cl)cccc6Cl)noc4C4CC4)C5)sc3c2)CC1.[2H]C([2H])([2H])C1(S(N)(=O)=O)CC1. The van der Waals surface area contributed by atoms with E-state index in [1.54, 1.807) is 18.2 Å². The molecule has 4 aromatic heterocycles. The van der Waals surface area contributed by atoms with E-state index in [0.29, 0.717) is 88.1 Å². The number of rotatable bonds is 17. The molecule has 8 aromatic rings. The van der Waals surface area contributed by atoms with E-state index in [1.165, 1.54) is 34.8 Å². The average Bonchev–Trinajstić information content (AvgIpc) is 1.57. The summed E-state index contributed by atoms with van der Waals surface area (Å²) in [4.78, 5) is 38.1. The number of nitrogens with two attached hydrogens (primary N) is 1. The number of nitrogens with zero attached hydrogens (tertiary/aromatic N) is 6. The number of aromatic nitrogens is 4. The first-order chi connectivity index (χ1) is 46.8. The summed E-state index contributed by atoms with van der Waals surface area (Å²) >= 11 is 28.8. The molecule has 4 aliphatic carbocycles. The van der Waals surface area contributed by atoms with Gasteiger partial charge in [0.05, 0.1) is 44.5 Å². The summed E-state index contributed by atoms with van der Waals surface area (Å²) in [7, 11) is -8.43. The van der Waals surface area contributed by atoms with Crippen LogP contribution in [-0.2, 0) is 33.1 Å². The van der Waals surface area contributed by atoms with Gasteiger partial charge in [-0.25, -0.2) is 50.2 Å². The minimum atomic E-state index is -4.52. The maximum absolute atomic E-state index is 15.3. The number of carboxylic acid groups (broad SMARTS) is 1. The van der Waals surface area contributed by atoms with Crippen molar-refractivity contribution in [3.8, 4) is 22.5 Å². The lowest BCUT2D eigenvalue weighted by atomic mass is 9.97. The molecule has 4 unspecified atom stereocenters. The third-order valence-corrected chi connectivity index (χ3v) is 25.7. The number of aromatic carboxylic acids is 1. The first-order valence-electron chi connectivity index (χ1n) is 33.8. The van der Waals surface area contributed by atoms with E-state index in [9.17, 15) is 35.9 Å². The van der Waals surface area contributed by atoms with Gasteiger partial charge in [0, 0.05) is 97.2 Å². The molecule has 4 atom stereocenters. The Kier molecular flexibility index (Phi) is 15.4. The molecule has 16 rings (SSSR count). The Morgan fingerprint density at radius 2 is 1.04 bits per heavy atom. The fourth-order valence-corrected chi connectivity index (χ4v) is 18.8. The van der Waals surface area contributed by atoms with Crippen molar-refractivity contribution in [3.63, 3.8) is 0 Å². The molecule has 4 saturated carbocycles. The lowest BCUT2D eigenvalue weighted by molar-refractivity contribution is 0.0696. The molecule has 4 aromatic carbocycles. The van der Waals surface area contributed by atoms with Crippen molar-refractivity contribution in [1.82, 2.24) is 35.6 Å². The zero-order valence-electron chi connectivity index (χ0n) is 55.5. The minimum absolute atomic E-state index is 0.0576. The van der Waals surface area contributed by atoms with E-state index < -0.39 is 66.8 Å². The molecule has 8 fully saturated rings. The maximum atomic E-state index is 15.3. The summed E-state index contributed by atoms with van der Waals surface area (Å²) in [5.41, 5.74) is 4.82. The number of thiazole rings is 2. The molecule has 4 aliphatic heterocycles. The number of anilines is 2. The van der Waals surface area contributed by atoms with E-state index in [1.807, 2.05) is 22.9 Å². The van der Waals surface area contributed by atoms with Crippen molar-refractivity contribution in [2.24, 2.45) is 5.14 Å². The Balaban J connectivity index is 0.000000149. The van der Waals surface area contributed by atoms with Gasteiger partial charge in [-0.05, 0) is 165 Å². The Morgan fingerprint density at radius 3 is 1.40 bits per heavy atom. The van der Waals surface area contributed by atoms with Crippen LogP contribution in [0.5, 0.6) is 0 Å². The zero-order valence-corrected chi connectivity index (χ0v) is 55.8. The first-order valence-corrected chi connectivity index (χ1v) is 36.9. The number of sulfonamides is 2. The zero-order chi connectivity index (χ0) is 70.2. The summed E-state index contributed by atoms with van der Waals surface area (Å²) < 4.78 is 132. The first kappa shape index (κ1) is 57.6. The number of hydrogen-bond acceptors (Lipinski definition) is 18. The molecule has 0 radical (unpaired) electrons. The number of carboxylic acids is 1. The smallest absolute Gasteiger partial charge is 0.335 e. The van der Waals surface area contributed by atoms with Gasteiger partial charge in [0.1, 0.15) is 33.9 Å². The third-order valence-electron chi connectivity index (χ3n) is 19.1. The highest BCUT2D eigenvalue weighted by Crippen LogP contribution is 2.50. The second-order valence-electron chi connectivity index (χ2n) is 25.5. The number of nitrogens with one attached hydrogen (secondary N) is 3. The number of carbonyl (C=O) groups excluding carboxylic acids is 1. The normalized spacial score (nSPS) is 24.6. The number of piperidine rings is 2. The van der Waals surface area contributed by atoms with Crippen molar-refractivity contribution in [3.05, 3.63) is 126 Å². The number of carbonyl (C=O) groups is 2. The van der Waals surface area contributed by atoms with Crippen LogP contribution in [0.4, 0.5) is 19.0 Å². The van der Waals surface area contributed by atoms with E-state index >= 15 is 4.39 Å². The fourth-order valence-electron chi connectivity index (χ4n) is 13.5. The Hall–Kier alpha value is -5.58. The Labute approximate surface area is 571 Å². The van der Waals surface area contributed by atoms with Gasteiger partial charge < -0.3 is 34.6 Å². The number of hydrogen-bond donors (Lipinski definition) is 5. The van der Waals surface area contributed by atoms with Gasteiger partial charge in [-0.2, -0.15) is 0 Å². The molecule has 6 N–H and O–H groups in total.